The molecule has 138 valence electrons. The third kappa shape index (κ3) is 5.02. The van der Waals surface area contributed by atoms with E-state index in [1.807, 2.05) is 17.0 Å². The lowest BCUT2D eigenvalue weighted by Crippen LogP contribution is -2.40. The number of amides is 1. The van der Waals surface area contributed by atoms with E-state index in [0.29, 0.717) is 12.8 Å². The quantitative estimate of drug-likeness (QED) is 0.791. The molecule has 2 fully saturated rings. The van der Waals surface area contributed by atoms with Gasteiger partial charge in [0.25, 0.3) is 0 Å². The Kier molecular flexibility index (Phi) is 6.43. The summed E-state index contributed by atoms with van der Waals surface area (Å²) in [7, 11) is 0. The number of hydrogen-bond donors (Lipinski definition) is 0. The number of carbonyl (C=O) groups excluding carboxylic acids is 1. The molecule has 2 aliphatic heterocycles. The molecule has 0 bridgehead atoms. The van der Waals surface area contributed by atoms with Crippen molar-refractivity contribution in [1.82, 2.24) is 14.7 Å². The Labute approximate surface area is 150 Å². The van der Waals surface area contributed by atoms with E-state index in [9.17, 15) is 9.18 Å². The van der Waals surface area contributed by atoms with Gasteiger partial charge in [0.1, 0.15) is 5.82 Å². The maximum Gasteiger partial charge on any atom is 0.223 e. The summed E-state index contributed by atoms with van der Waals surface area (Å²) >= 11 is 0. The third-order valence-electron chi connectivity index (χ3n) is 5.60. The molecule has 3 rings (SSSR count). The predicted molar refractivity (Wildman–Crippen MR) is 98.0 cm³/mol. The predicted octanol–water partition coefficient (Wildman–Crippen LogP) is 2.39. The minimum atomic E-state index is -0.132. The summed E-state index contributed by atoms with van der Waals surface area (Å²) < 4.78 is 13.9. The van der Waals surface area contributed by atoms with Gasteiger partial charge in [-0.25, -0.2) is 4.39 Å². The summed E-state index contributed by atoms with van der Waals surface area (Å²) in [6.45, 7) is 8.76. The average molecular weight is 347 g/mol. The molecule has 2 saturated heterocycles. The Bertz CT molecular complexity index is 574. The van der Waals surface area contributed by atoms with Crippen molar-refractivity contribution >= 4 is 5.91 Å². The molecule has 1 atom stereocenters. The van der Waals surface area contributed by atoms with Gasteiger partial charge in [-0.3, -0.25) is 9.69 Å². The smallest absolute Gasteiger partial charge is 0.223 e. The van der Waals surface area contributed by atoms with Gasteiger partial charge in [-0.1, -0.05) is 18.2 Å². The van der Waals surface area contributed by atoms with Gasteiger partial charge in [0.2, 0.25) is 5.91 Å². The van der Waals surface area contributed by atoms with Crippen LogP contribution in [0.4, 0.5) is 4.39 Å². The van der Waals surface area contributed by atoms with E-state index >= 15 is 0 Å². The molecule has 0 aliphatic carbocycles. The molecule has 1 aromatic carbocycles. The highest BCUT2D eigenvalue weighted by Crippen LogP contribution is 2.15. The normalized spacial score (nSPS) is 21.5. The van der Waals surface area contributed by atoms with Crippen LogP contribution in [0.1, 0.15) is 31.7 Å². The highest BCUT2D eigenvalue weighted by molar-refractivity contribution is 5.76. The van der Waals surface area contributed by atoms with Crippen molar-refractivity contribution in [2.45, 2.75) is 38.6 Å². The minimum absolute atomic E-state index is 0.132. The highest BCUT2D eigenvalue weighted by atomic mass is 19.1. The van der Waals surface area contributed by atoms with Crippen molar-refractivity contribution in [2.75, 3.05) is 45.8 Å². The Morgan fingerprint density at radius 1 is 1.04 bits per heavy atom. The van der Waals surface area contributed by atoms with Gasteiger partial charge in [0, 0.05) is 45.2 Å². The summed E-state index contributed by atoms with van der Waals surface area (Å²) in [5, 5.41) is 0. The summed E-state index contributed by atoms with van der Waals surface area (Å²) in [6.07, 6.45) is 3.83. The second-order valence-electron chi connectivity index (χ2n) is 7.36. The zero-order chi connectivity index (χ0) is 17.6. The van der Waals surface area contributed by atoms with Crippen molar-refractivity contribution in [3.63, 3.8) is 0 Å². The molecule has 0 N–H and O–H groups in total. The van der Waals surface area contributed by atoms with Crippen LogP contribution in [-0.4, -0.2) is 72.5 Å². The number of hydrogen-bond acceptors (Lipinski definition) is 3. The van der Waals surface area contributed by atoms with Crippen molar-refractivity contribution in [1.29, 1.82) is 0 Å². The fourth-order valence-electron chi connectivity index (χ4n) is 3.94. The molecule has 1 unspecified atom stereocenters. The van der Waals surface area contributed by atoms with E-state index < -0.39 is 0 Å². The highest BCUT2D eigenvalue weighted by Gasteiger charge is 2.24. The standard InChI is InChI=1S/C20H30FN3O/c1-17(16-18-6-2-3-7-19(18)21)23-11-8-20(25)24(15-14-23)13-12-22-9-4-5-10-22/h2-3,6-7,17H,4-5,8-16H2,1H3. The number of halogens is 1. The molecule has 0 aromatic heterocycles. The largest absolute Gasteiger partial charge is 0.340 e. The van der Waals surface area contributed by atoms with Crippen LogP contribution in [0, 0.1) is 5.82 Å². The summed E-state index contributed by atoms with van der Waals surface area (Å²) in [5.74, 6) is 0.132. The first-order valence-corrected chi connectivity index (χ1v) is 9.61. The first-order chi connectivity index (χ1) is 12.1. The van der Waals surface area contributed by atoms with Crippen LogP contribution in [0.3, 0.4) is 0 Å². The fourth-order valence-corrected chi connectivity index (χ4v) is 3.94. The van der Waals surface area contributed by atoms with E-state index in [1.165, 1.54) is 32.0 Å². The number of rotatable bonds is 6. The molecule has 2 heterocycles. The Balaban J connectivity index is 1.51. The summed E-state index contributed by atoms with van der Waals surface area (Å²) in [6, 6.07) is 7.23. The van der Waals surface area contributed by atoms with Gasteiger partial charge in [-0.15, -0.1) is 0 Å². The van der Waals surface area contributed by atoms with Gasteiger partial charge in [-0.05, 0) is 50.9 Å². The molecular formula is C20H30FN3O. The molecular weight excluding hydrogens is 317 g/mol. The monoisotopic (exact) mass is 347 g/mol. The topological polar surface area (TPSA) is 26.8 Å². The molecule has 0 radical (unpaired) electrons. The Morgan fingerprint density at radius 2 is 1.80 bits per heavy atom. The maximum absolute atomic E-state index is 13.9. The fraction of sp³-hybridized carbons (Fsp3) is 0.650. The number of likely N-dealkylation sites (tertiary alicyclic amines) is 1. The van der Waals surface area contributed by atoms with Gasteiger partial charge in [0.05, 0.1) is 0 Å². The zero-order valence-corrected chi connectivity index (χ0v) is 15.3. The molecule has 5 heteroatoms. The van der Waals surface area contributed by atoms with Gasteiger partial charge >= 0.3 is 0 Å². The maximum atomic E-state index is 13.9. The van der Waals surface area contributed by atoms with E-state index in [4.69, 9.17) is 0 Å². The number of benzene rings is 1. The van der Waals surface area contributed by atoms with Crippen LogP contribution in [0.2, 0.25) is 0 Å². The van der Waals surface area contributed by atoms with E-state index in [0.717, 1.165) is 38.3 Å². The van der Waals surface area contributed by atoms with Gasteiger partial charge < -0.3 is 9.80 Å². The Morgan fingerprint density at radius 3 is 2.56 bits per heavy atom. The second kappa shape index (κ2) is 8.77. The van der Waals surface area contributed by atoms with Crippen LogP contribution >= 0.6 is 0 Å². The molecule has 1 amide bonds. The molecule has 4 nitrogen and oxygen atoms in total. The lowest BCUT2D eigenvalue weighted by atomic mass is 10.1. The SMILES string of the molecule is CC(Cc1ccccc1F)N1CCC(=O)N(CCN2CCCC2)CC1. The van der Waals surface area contributed by atoms with Gasteiger partial charge in [-0.2, -0.15) is 0 Å². The Hall–Kier alpha value is -1.46. The molecule has 0 saturated carbocycles. The van der Waals surface area contributed by atoms with E-state index in [1.54, 1.807) is 6.07 Å². The molecule has 25 heavy (non-hydrogen) atoms. The lowest BCUT2D eigenvalue weighted by Gasteiger charge is -2.28. The van der Waals surface area contributed by atoms with Crippen LogP contribution in [0.5, 0.6) is 0 Å². The molecule has 1 aromatic rings. The van der Waals surface area contributed by atoms with E-state index in [2.05, 4.69) is 16.7 Å². The van der Waals surface area contributed by atoms with Crippen LogP contribution in [-0.2, 0) is 11.2 Å². The van der Waals surface area contributed by atoms with Crippen molar-refractivity contribution in [2.24, 2.45) is 0 Å². The molecule has 0 spiro atoms. The van der Waals surface area contributed by atoms with E-state index in [-0.39, 0.29) is 17.8 Å². The second-order valence-corrected chi connectivity index (χ2v) is 7.36. The van der Waals surface area contributed by atoms with Crippen LogP contribution in [0.15, 0.2) is 24.3 Å². The number of nitrogens with zero attached hydrogens (tertiary/aromatic N) is 3. The molecule has 2 aliphatic rings. The van der Waals surface area contributed by atoms with Crippen LogP contribution in [0.25, 0.3) is 0 Å². The number of carbonyl (C=O) groups is 1. The third-order valence-corrected chi connectivity index (χ3v) is 5.60. The minimum Gasteiger partial charge on any atom is -0.340 e. The van der Waals surface area contributed by atoms with Crippen molar-refractivity contribution in [3.8, 4) is 0 Å². The van der Waals surface area contributed by atoms with Crippen LogP contribution < -0.4 is 0 Å². The van der Waals surface area contributed by atoms with Gasteiger partial charge in [0.15, 0.2) is 0 Å². The average Bonchev–Trinajstić information content (AvgIpc) is 3.05. The lowest BCUT2D eigenvalue weighted by molar-refractivity contribution is -0.130. The first kappa shape index (κ1) is 18.3. The van der Waals surface area contributed by atoms with Crippen molar-refractivity contribution < 1.29 is 9.18 Å². The first-order valence-electron chi connectivity index (χ1n) is 9.61. The zero-order valence-electron chi connectivity index (χ0n) is 15.3. The summed E-state index contributed by atoms with van der Waals surface area (Å²) in [5.41, 5.74) is 0.761. The summed E-state index contributed by atoms with van der Waals surface area (Å²) in [4.78, 5) is 19.2. The van der Waals surface area contributed by atoms with Crippen molar-refractivity contribution in [3.05, 3.63) is 35.6 Å².